The fourth-order valence-corrected chi connectivity index (χ4v) is 2.64. The van der Waals surface area contributed by atoms with Gasteiger partial charge in [-0.2, -0.15) is 0 Å². The maximum atomic E-state index is 10.5. The number of aliphatic hydroxyl groups excluding tert-OH is 1. The van der Waals surface area contributed by atoms with Crippen LogP contribution in [0.5, 0.6) is 17.2 Å². The van der Waals surface area contributed by atoms with Crippen molar-refractivity contribution >= 4 is 15.9 Å². The fourth-order valence-electron chi connectivity index (χ4n) is 2.09. The molecule has 8 heteroatoms. The second-order valence-electron chi connectivity index (χ2n) is 4.25. The van der Waals surface area contributed by atoms with Crippen LogP contribution in [-0.4, -0.2) is 34.0 Å². The third kappa shape index (κ3) is 2.01. The first-order valence-electron chi connectivity index (χ1n) is 5.82. The number of nitrogens with zero attached hydrogens (tertiary/aromatic N) is 3. The average molecular weight is 342 g/mol. The number of ether oxygens (including phenoxy) is 3. The summed E-state index contributed by atoms with van der Waals surface area (Å²) in [7, 11) is 3.25. The maximum Gasteiger partial charge on any atom is 0.231 e. The number of hydrogen-bond acceptors (Lipinski definition) is 6. The summed E-state index contributed by atoms with van der Waals surface area (Å²) >= 11 is 3.27. The van der Waals surface area contributed by atoms with Crippen molar-refractivity contribution in [1.82, 2.24) is 15.0 Å². The summed E-state index contributed by atoms with van der Waals surface area (Å²) in [5.74, 6) is 1.61. The molecule has 0 radical (unpaired) electrons. The number of aliphatic hydroxyl groups is 1. The number of benzene rings is 1. The summed E-state index contributed by atoms with van der Waals surface area (Å²) in [6, 6.07) is 3.42. The quantitative estimate of drug-likeness (QED) is 0.908. The minimum Gasteiger partial charge on any atom is -0.493 e. The summed E-state index contributed by atoms with van der Waals surface area (Å²) in [6.07, 6.45) is -0.909. The van der Waals surface area contributed by atoms with Crippen molar-refractivity contribution < 1.29 is 19.3 Å². The minimum absolute atomic E-state index is 0.141. The van der Waals surface area contributed by atoms with Crippen LogP contribution >= 0.6 is 15.9 Å². The standard InChI is InChI=1S/C12H12BrN3O4/c1-16-9(12(13)14-15-16)10(17)6-3-7(18-2)11-8(4-6)19-5-20-11/h3-4,10,17H,5H2,1-2H3. The van der Waals surface area contributed by atoms with E-state index in [4.69, 9.17) is 14.2 Å². The van der Waals surface area contributed by atoms with E-state index in [1.807, 2.05) is 0 Å². The molecule has 1 aromatic heterocycles. The van der Waals surface area contributed by atoms with Crippen LogP contribution in [0.25, 0.3) is 0 Å². The van der Waals surface area contributed by atoms with Crippen molar-refractivity contribution in [1.29, 1.82) is 0 Å². The average Bonchev–Trinajstić information content (AvgIpc) is 3.03. The van der Waals surface area contributed by atoms with Crippen molar-refractivity contribution in [2.75, 3.05) is 13.9 Å². The normalized spacial score (nSPS) is 14.4. The van der Waals surface area contributed by atoms with Gasteiger partial charge in [0.15, 0.2) is 16.1 Å². The third-order valence-corrected chi connectivity index (χ3v) is 3.65. The van der Waals surface area contributed by atoms with Gasteiger partial charge in [0.1, 0.15) is 11.8 Å². The second kappa shape index (κ2) is 4.95. The monoisotopic (exact) mass is 341 g/mol. The molecule has 0 aliphatic carbocycles. The fraction of sp³-hybridized carbons (Fsp3) is 0.333. The molecule has 20 heavy (non-hydrogen) atoms. The molecular formula is C12H12BrN3O4. The van der Waals surface area contributed by atoms with Crippen LogP contribution in [0, 0.1) is 0 Å². The molecule has 3 rings (SSSR count). The highest BCUT2D eigenvalue weighted by molar-refractivity contribution is 9.10. The van der Waals surface area contributed by atoms with Gasteiger partial charge in [0.25, 0.3) is 0 Å². The van der Waals surface area contributed by atoms with E-state index in [0.717, 1.165) is 0 Å². The molecule has 1 atom stereocenters. The van der Waals surface area contributed by atoms with Crippen LogP contribution in [0.4, 0.5) is 0 Å². The van der Waals surface area contributed by atoms with Gasteiger partial charge in [-0.25, -0.2) is 4.68 Å². The van der Waals surface area contributed by atoms with E-state index in [-0.39, 0.29) is 6.79 Å². The van der Waals surface area contributed by atoms with Gasteiger partial charge >= 0.3 is 0 Å². The molecule has 2 heterocycles. The summed E-state index contributed by atoms with van der Waals surface area (Å²) in [5.41, 5.74) is 1.16. The Morgan fingerprint density at radius 3 is 2.90 bits per heavy atom. The molecule has 2 aromatic rings. The van der Waals surface area contributed by atoms with Crippen LogP contribution in [0.15, 0.2) is 16.7 Å². The van der Waals surface area contributed by atoms with Crippen molar-refractivity contribution in [3.63, 3.8) is 0 Å². The van der Waals surface area contributed by atoms with Crippen molar-refractivity contribution in [2.24, 2.45) is 7.05 Å². The number of fused-ring (bicyclic) bond motifs is 1. The van der Waals surface area contributed by atoms with Gasteiger partial charge in [0.2, 0.25) is 12.5 Å². The van der Waals surface area contributed by atoms with E-state index in [0.29, 0.717) is 33.1 Å². The Bertz CT molecular complexity index is 639. The molecule has 1 aliphatic heterocycles. The van der Waals surface area contributed by atoms with E-state index in [2.05, 4.69) is 26.2 Å². The Labute approximate surface area is 123 Å². The molecule has 1 aliphatic rings. The number of rotatable bonds is 3. The largest absolute Gasteiger partial charge is 0.493 e. The van der Waals surface area contributed by atoms with Gasteiger partial charge in [-0.1, -0.05) is 5.21 Å². The zero-order valence-electron chi connectivity index (χ0n) is 10.8. The molecule has 0 spiro atoms. The third-order valence-electron chi connectivity index (χ3n) is 3.08. The molecule has 0 amide bonds. The number of aromatic nitrogens is 3. The van der Waals surface area contributed by atoms with Crippen LogP contribution < -0.4 is 14.2 Å². The van der Waals surface area contributed by atoms with Gasteiger partial charge in [-0.15, -0.1) is 5.10 Å². The smallest absolute Gasteiger partial charge is 0.231 e. The molecule has 7 nitrogen and oxygen atoms in total. The van der Waals surface area contributed by atoms with E-state index in [9.17, 15) is 5.11 Å². The van der Waals surface area contributed by atoms with Gasteiger partial charge in [-0.3, -0.25) is 0 Å². The lowest BCUT2D eigenvalue weighted by atomic mass is 10.1. The maximum absolute atomic E-state index is 10.5. The molecule has 0 fully saturated rings. The Morgan fingerprint density at radius 1 is 1.45 bits per heavy atom. The minimum atomic E-state index is -0.909. The predicted octanol–water partition coefficient (Wildman–Crippen LogP) is 1.40. The predicted molar refractivity (Wildman–Crippen MR) is 71.9 cm³/mol. The summed E-state index contributed by atoms with van der Waals surface area (Å²) in [4.78, 5) is 0. The van der Waals surface area contributed by atoms with Crippen molar-refractivity contribution in [3.8, 4) is 17.2 Å². The van der Waals surface area contributed by atoms with Gasteiger partial charge in [0, 0.05) is 7.05 Å². The number of halogens is 1. The van der Waals surface area contributed by atoms with Gasteiger partial charge < -0.3 is 19.3 Å². The highest BCUT2D eigenvalue weighted by Gasteiger charge is 2.25. The van der Waals surface area contributed by atoms with Crippen molar-refractivity contribution in [2.45, 2.75) is 6.10 Å². The highest BCUT2D eigenvalue weighted by Crippen LogP contribution is 2.44. The number of hydrogen-bond donors (Lipinski definition) is 1. The zero-order chi connectivity index (χ0) is 14.3. The van der Waals surface area contributed by atoms with E-state index < -0.39 is 6.10 Å². The Kier molecular flexibility index (Phi) is 3.27. The Hall–Kier alpha value is -1.80. The molecule has 1 N–H and O–H groups in total. The molecular weight excluding hydrogens is 330 g/mol. The van der Waals surface area contributed by atoms with Crippen LogP contribution in [0.2, 0.25) is 0 Å². The molecule has 1 unspecified atom stereocenters. The second-order valence-corrected chi connectivity index (χ2v) is 5.00. The first-order chi connectivity index (χ1) is 9.61. The summed E-state index contributed by atoms with van der Waals surface area (Å²) < 4.78 is 17.9. The lowest BCUT2D eigenvalue weighted by Gasteiger charge is -2.14. The topological polar surface area (TPSA) is 78.6 Å². The van der Waals surface area contributed by atoms with Crippen molar-refractivity contribution in [3.05, 3.63) is 28.0 Å². The van der Waals surface area contributed by atoms with Crippen LogP contribution in [0.1, 0.15) is 17.4 Å². The first kappa shape index (κ1) is 13.2. The number of methoxy groups -OCH3 is 1. The summed E-state index contributed by atoms with van der Waals surface area (Å²) in [6.45, 7) is 0.141. The molecule has 0 saturated heterocycles. The molecule has 1 aromatic carbocycles. The van der Waals surface area contributed by atoms with E-state index in [1.165, 1.54) is 11.8 Å². The summed E-state index contributed by atoms with van der Waals surface area (Å²) in [5, 5.41) is 18.2. The van der Waals surface area contributed by atoms with Gasteiger partial charge in [-0.05, 0) is 33.6 Å². The Balaban J connectivity index is 2.07. The SMILES string of the molecule is COc1cc(C(O)c2c(Br)nnn2C)cc2c1OCO2. The lowest BCUT2D eigenvalue weighted by molar-refractivity contribution is 0.171. The van der Waals surface area contributed by atoms with E-state index in [1.54, 1.807) is 19.2 Å². The number of aryl methyl sites for hydroxylation is 1. The lowest BCUT2D eigenvalue weighted by Crippen LogP contribution is -2.07. The van der Waals surface area contributed by atoms with Crippen LogP contribution in [0.3, 0.4) is 0 Å². The van der Waals surface area contributed by atoms with Crippen LogP contribution in [-0.2, 0) is 7.05 Å². The molecule has 0 bridgehead atoms. The zero-order valence-corrected chi connectivity index (χ0v) is 12.4. The molecule has 0 saturated carbocycles. The van der Waals surface area contributed by atoms with E-state index >= 15 is 0 Å². The Morgan fingerprint density at radius 2 is 2.25 bits per heavy atom. The van der Waals surface area contributed by atoms with Gasteiger partial charge in [0.05, 0.1) is 7.11 Å². The molecule has 106 valence electrons. The highest BCUT2D eigenvalue weighted by atomic mass is 79.9. The first-order valence-corrected chi connectivity index (χ1v) is 6.61.